The van der Waals surface area contributed by atoms with Gasteiger partial charge in [0.15, 0.2) is 0 Å². The van der Waals surface area contributed by atoms with Crippen LogP contribution in [0.5, 0.6) is 0 Å². The average Bonchev–Trinajstić information content (AvgIpc) is 3.45. The molecule has 0 fully saturated rings. The molecule has 0 aliphatic carbocycles. The van der Waals surface area contributed by atoms with Gasteiger partial charge in [-0.1, -0.05) is 12.1 Å². The highest BCUT2D eigenvalue weighted by Gasteiger charge is 2.16. The summed E-state index contributed by atoms with van der Waals surface area (Å²) in [6.45, 7) is 0.991. The van der Waals surface area contributed by atoms with Crippen LogP contribution in [0.3, 0.4) is 0 Å². The molecule has 0 bridgehead atoms. The fourth-order valence-electron chi connectivity index (χ4n) is 3.38. The van der Waals surface area contributed by atoms with E-state index < -0.39 is 0 Å². The Morgan fingerprint density at radius 2 is 1.91 bits per heavy atom. The standard InChI is InChI=1S/C23H21FN8O/c24-18-7-9-19(10-8-18)32-22(26)20(12-25)21(30-32)2-1-11-28-23(33)17-5-3-16(4-6-17)13-31-15-27-14-29-31/h3-10,14-15H,1-2,11,13,26H2,(H,28,33). The number of benzene rings is 2. The second kappa shape index (κ2) is 9.74. The summed E-state index contributed by atoms with van der Waals surface area (Å²) in [6.07, 6.45) is 4.14. The fraction of sp³-hybridized carbons (Fsp3) is 0.174. The maximum atomic E-state index is 13.2. The minimum absolute atomic E-state index is 0.181. The van der Waals surface area contributed by atoms with Crippen LogP contribution in [0, 0.1) is 17.1 Å². The molecule has 3 N–H and O–H groups in total. The molecule has 33 heavy (non-hydrogen) atoms. The highest BCUT2D eigenvalue weighted by atomic mass is 19.1. The van der Waals surface area contributed by atoms with Crippen molar-refractivity contribution in [1.82, 2.24) is 29.9 Å². The van der Waals surface area contributed by atoms with E-state index in [1.165, 1.54) is 23.1 Å². The number of hydrogen-bond acceptors (Lipinski definition) is 6. The van der Waals surface area contributed by atoms with Crippen LogP contribution >= 0.6 is 0 Å². The summed E-state index contributed by atoms with van der Waals surface area (Å²) >= 11 is 0. The first-order valence-corrected chi connectivity index (χ1v) is 10.3. The van der Waals surface area contributed by atoms with Crippen LogP contribution in [-0.4, -0.2) is 37.0 Å². The van der Waals surface area contributed by atoms with Gasteiger partial charge in [0, 0.05) is 12.1 Å². The van der Waals surface area contributed by atoms with Crippen molar-refractivity contribution in [2.75, 3.05) is 12.3 Å². The highest BCUT2D eigenvalue weighted by Crippen LogP contribution is 2.21. The van der Waals surface area contributed by atoms with Crippen molar-refractivity contribution in [3.8, 4) is 11.8 Å². The predicted octanol–water partition coefficient (Wildman–Crippen LogP) is 2.47. The topological polar surface area (TPSA) is 127 Å². The second-order valence-electron chi connectivity index (χ2n) is 7.36. The number of nitrogens with one attached hydrogen (secondary N) is 1. The Hall–Kier alpha value is -4.52. The monoisotopic (exact) mass is 444 g/mol. The largest absolute Gasteiger partial charge is 0.382 e. The molecule has 0 unspecified atom stereocenters. The van der Waals surface area contributed by atoms with Crippen LogP contribution in [0.25, 0.3) is 5.69 Å². The van der Waals surface area contributed by atoms with Crippen LogP contribution in [0.15, 0.2) is 61.2 Å². The molecule has 166 valence electrons. The first-order chi connectivity index (χ1) is 16.0. The molecule has 2 aromatic carbocycles. The fourth-order valence-corrected chi connectivity index (χ4v) is 3.38. The SMILES string of the molecule is N#Cc1c(CCCNC(=O)c2ccc(Cn3cncn3)cc2)nn(-c2ccc(F)cc2)c1N. The molecule has 1 amide bonds. The first-order valence-electron chi connectivity index (χ1n) is 10.3. The van der Waals surface area contributed by atoms with Gasteiger partial charge in [-0.25, -0.2) is 18.7 Å². The molecular formula is C23H21FN8O. The number of nitrogens with two attached hydrogens (primary N) is 1. The molecule has 4 aromatic rings. The van der Waals surface area contributed by atoms with Gasteiger partial charge in [-0.2, -0.15) is 15.5 Å². The molecule has 0 radical (unpaired) electrons. The van der Waals surface area contributed by atoms with Crippen molar-refractivity contribution in [2.24, 2.45) is 0 Å². The zero-order valence-corrected chi connectivity index (χ0v) is 17.6. The lowest BCUT2D eigenvalue weighted by molar-refractivity contribution is 0.0953. The quantitative estimate of drug-likeness (QED) is 0.402. The third-order valence-electron chi connectivity index (χ3n) is 5.08. The summed E-state index contributed by atoms with van der Waals surface area (Å²) in [4.78, 5) is 16.3. The van der Waals surface area contributed by atoms with Crippen molar-refractivity contribution < 1.29 is 9.18 Å². The highest BCUT2D eigenvalue weighted by molar-refractivity contribution is 5.94. The van der Waals surface area contributed by atoms with Crippen LogP contribution in [0.4, 0.5) is 10.2 Å². The van der Waals surface area contributed by atoms with Gasteiger partial charge >= 0.3 is 0 Å². The van der Waals surface area contributed by atoms with Crippen molar-refractivity contribution >= 4 is 11.7 Å². The van der Waals surface area contributed by atoms with E-state index >= 15 is 0 Å². The van der Waals surface area contributed by atoms with Crippen LogP contribution in [-0.2, 0) is 13.0 Å². The van der Waals surface area contributed by atoms with Gasteiger partial charge < -0.3 is 11.1 Å². The zero-order valence-electron chi connectivity index (χ0n) is 17.6. The number of rotatable bonds is 8. The molecule has 0 saturated carbocycles. The number of nitriles is 1. The number of nitrogen functional groups attached to an aromatic ring is 1. The number of carbonyl (C=O) groups excluding carboxylic acids is 1. The molecule has 0 spiro atoms. The normalized spacial score (nSPS) is 10.7. The van der Waals surface area contributed by atoms with E-state index in [2.05, 4.69) is 26.6 Å². The summed E-state index contributed by atoms with van der Waals surface area (Å²) < 4.78 is 16.3. The van der Waals surface area contributed by atoms with Gasteiger partial charge in [-0.15, -0.1) is 0 Å². The van der Waals surface area contributed by atoms with Crippen molar-refractivity contribution in [3.05, 3.63) is 89.4 Å². The Balaban J connectivity index is 1.32. The maximum Gasteiger partial charge on any atom is 0.251 e. The molecule has 10 heteroatoms. The van der Waals surface area contributed by atoms with Gasteiger partial charge in [0.1, 0.15) is 35.9 Å². The molecule has 2 aromatic heterocycles. The van der Waals surface area contributed by atoms with Crippen LogP contribution < -0.4 is 11.1 Å². The smallest absolute Gasteiger partial charge is 0.251 e. The third kappa shape index (κ3) is 5.04. The number of nitrogens with zero attached hydrogens (tertiary/aromatic N) is 6. The molecule has 0 aliphatic heterocycles. The summed E-state index contributed by atoms with van der Waals surface area (Å²) in [5.41, 5.74) is 9.02. The van der Waals surface area contributed by atoms with Crippen molar-refractivity contribution in [3.63, 3.8) is 0 Å². The summed E-state index contributed by atoms with van der Waals surface area (Å²) in [5, 5.41) is 20.8. The van der Waals surface area contributed by atoms with E-state index in [4.69, 9.17) is 5.73 Å². The molecule has 9 nitrogen and oxygen atoms in total. The van der Waals surface area contributed by atoms with Gasteiger partial charge in [0.2, 0.25) is 0 Å². The number of aryl methyl sites for hydroxylation is 1. The first kappa shape index (κ1) is 21.7. The number of halogens is 1. The summed E-state index contributed by atoms with van der Waals surface area (Å²) in [6, 6.07) is 15.1. The second-order valence-corrected chi connectivity index (χ2v) is 7.36. The average molecular weight is 444 g/mol. The summed E-state index contributed by atoms with van der Waals surface area (Å²) in [7, 11) is 0. The molecule has 4 rings (SSSR count). The molecule has 0 atom stereocenters. The van der Waals surface area contributed by atoms with E-state index in [0.29, 0.717) is 42.9 Å². The lowest BCUT2D eigenvalue weighted by atomic mass is 10.1. The minimum atomic E-state index is -0.370. The number of anilines is 1. The van der Waals surface area contributed by atoms with Crippen molar-refractivity contribution in [1.29, 1.82) is 5.26 Å². The number of aromatic nitrogens is 5. The Bertz CT molecular complexity index is 1270. The van der Waals surface area contributed by atoms with Gasteiger partial charge in [0.25, 0.3) is 5.91 Å². The van der Waals surface area contributed by atoms with Crippen LogP contribution in [0.2, 0.25) is 0 Å². The van der Waals surface area contributed by atoms with E-state index in [1.807, 2.05) is 12.1 Å². The van der Waals surface area contributed by atoms with Crippen LogP contribution in [0.1, 0.15) is 33.6 Å². The Morgan fingerprint density at radius 3 is 2.58 bits per heavy atom. The van der Waals surface area contributed by atoms with E-state index in [1.54, 1.807) is 35.3 Å². The van der Waals surface area contributed by atoms with E-state index in [0.717, 1.165) is 5.56 Å². The van der Waals surface area contributed by atoms with Gasteiger partial charge in [-0.3, -0.25) is 4.79 Å². The summed E-state index contributed by atoms with van der Waals surface area (Å²) in [5.74, 6) is -0.348. The molecule has 2 heterocycles. The lowest BCUT2D eigenvalue weighted by Crippen LogP contribution is -2.24. The molecule has 0 aliphatic rings. The number of hydrogen-bond donors (Lipinski definition) is 2. The minimum Gasteiger partial charge on any atom is -0.382 e. The predicted molar refractivity (Wildman–Crippen MR) is 119 cm³/mol. The Labute approximate surface area is 189 Å². The zero-order chi connectivity index (χ0) is 23.2. The number of carbonyl (C=O) groups is 1. The number of amides is 1. The third-order valence-corrected chi connectivity index (χ3v) is 5.08. The Kier molecular flexibility index (Phi) is 6.40. The van der Waals surface area contributed by atoms with Gasteiger partial charge in [0.05, 0.1) is 17.9 Å². The van der Waals surface area contributed by atoms with E-state index in [-0.39, 0.29) is 23.1 Å². The molecular weight excluding hydrogens is 423 g/mol. The maximum absolute atomic E-state index is 13.2. The van der Waals surface area contributed by atoms with Gasteiger partial charge in [-0.05, 0) is 54.8 Å². The molecule has 0 saturated heterocycles. The lowest BCUT2D eigenvalue weighted by Gasteiger charge is -2.06. The van der Waals surface area contributed by atoms with Crippen molar-refractivity contribution in [2.45, 2.75) is 19.4 Å². The van der Waals surface area contributed by atoms with E-state index in [9.17, 15) is 14.4 Å². The Morgan fingerprint density at radius 1 is 1.15 bits per heavy atom.